The summed E-state index contributed by atoms with van der Waals surface area (Å²) in [5.41, 5.74) is 3.19. The number of benzene rings is 1. The van der Waals surface area contributed by atoms with E-state index in [0.29, 0.717) is 18.6 Å². The van der Waals surface area contributed by atoms with Gasteiger partial charge in [0.1, 0.15) is 9.99 Å². The van der Waals surface area contributed by atoms with Gasteiger partial charge in [0, 0.05) is 18.6 Å². The molecule has 0 radical (unpaired) electrons. The van der Waals surface area contributed by atoms with Crippen molar-refractivity contribution in [2.75, 3.05) is 4.72 Å². The number of sulfonamides is 1. The van der Waals surface area contributed by atoms with Gasteiger partial charge in [0.05, 0.1) is 11.3 Å². The van der Waals surface area contributed by atoms with E-state index in [1.54, 1.807) is 23.6 Å². The first-order valence-electron chi connectivity index (χ1n) is 8.69. The van der Waals surface area contributed by atoms with Crippen molar-refractivity contribution < 1.29 is 18.0 Å². The predicted molar refractivity (Wildman–Crippen MR) is 109 cm³/mol. The number of carbonyl (C=O) groups excluding carboxylic acids is 2. The molecule has 1 aliphatic rings. The first-order valence-corrected chi connectivity index (χ1v) is 11.1. The topological polar surface area (TPSA) is 105 Å². The van der Waals surface area contributed by atoms with Crippen LogP contribution in [0.4, 0.5) is 5.69 Å². The van der Waals surface area contributed by atoms with Crippen LogP contribution in [0.15, 0.2) is 51.1 Å². The second-order valence-electron chi connectivity index (χ2n) is 7.44. The molecule has 2 aromatic rings. The Morgan fingerprint density at radius 1 is 1.14 bits per heavy atom. The smallest absolute Gasteiger partial charge is 0.273 e. The van der Waals surface area contributed by atoms with Crippen LogP contribution >= 0.6 is 11.3 Å². The number of thiophene rings is 1. The highest BCUT2D eigenvalue weighted by molar-refractivity contribution is 7.94. The molecule has 1 aromatic carbocycles. The molecule has 1 aliphatic carbocycles. The first-order chi connectivity index (χ1) is 13.2. The number of Topliss-reactive ketones (excluding diaryl/α,β-unsaturated/α-hetero) is 1. The van der Waals surface area contributed by atoms with Gasteiger partial charge in [-0.05, 0) is 35.4 Å². The second kappa shape index (κ2) is 7.84. The van der Waals surface area contributed by atoms with E-state index in [-0.39, 0.29) is 33.1 Å². The van der Waals surface area contributed by atoms with Gasteiger partial charge in [0.2, 0.25) is 0 Å². The molecule has 0 spiro atoms. The highest BCUT2D eigenvalue weighted by Crippen LogP contribution is 2.31. The number of hydrazone groups is 1. The number of carbonyl (C=O) groups is 2. The van der Waals surface area contributed by atoms with Crippen molar-refractivity contribution in [3.63, 3.8) is 0 Å². The van der Waals surface area contributed by atoms with Crippen LogP contribution in [-0.4, -0.2) is 25.8 Å². The third-order valence-electron chi connectivity index (χ3n) is 4.25. The fourth-order valence-corrected chi connectivity index (χ4v) is 5.22. The van der Waals surface area contributed by atoms with Gasteiger partial charge in [0.15, 0.2) is 0 Å². The Kier molecular flexibility index (Phi) is 5.66. The van der Waals surface area contributed by atoms with Gasteiger partial charge in [-0.2, -0.15) is 5.10 Å². The normalized spacial score (nSPS) is 18.1. The van der Waals surface area contributed by atoms with Crippen LogP contribution in [0.1, 0.15) is 43.5 Å². The summed E-state index contributed by atoms with van der Waals surface area (Å²) in [4.78, 5) is 24.4. The number of nitrogens with zero attached hydrogens (tertiary/aromatic N) is 1. The number of hydrogen-bond donors (Lipinski definition) is 2. The van der Waals surface area contributed by atoms with Gasteiger partial charge in [-0.3, -0.25) is 14.3 Å². The molecule has 1 saturated carbocycles. The Bertz CT molecular complexity index is 1030. The Hall–Kier alpha value is -2.52. The minimum absolute atomic E-state index is 0.0911. The lowest BCUT2D eigenvalue weighted by atomic mass is 9.76. The molecule has 1 fully saturated rings. The Morgan fingerprint density at radius 2 is 1.89 bits per heavy atom. The summed E-state index contributed by atoms with van der Waals surface area (Å²) in [5, 5.41) is 5.78. The van der Waals surface area contributed by atoms with Crippen LogP contribution in [0.5, 0.6) is 0 Å². The van der Waals surface area contributed by atoms with E-state index >= 15 is 0 Å². The molecule has 148 valence electrons. The standard InChI is InChI=1S/C19H21N3O4S2/c1-19(2)11-13(10-14(23)12-19)20-21-18(24)15-6-3-4-7-16(15)22-28(25,26)17-8-5-9-27-17/h3-9,22H,10-12H2,1-2H3,(H,21,24)/b20-13-. The maximum atomic E-state index is 12.6. The van der Waals surface area contributed by atoms with Crippen molar-refractivity contribution in [3.05, 3.63) is 47.3 Å². The minimum Gasteiger partial charge on any atom is -0.299 e. The van der Waals surface area contributed by atoms with E-state index in [9.17, 15) is 18.0 Å². The summed E-state index contributed by atoms with van der Waals surface area (Å²) in [6, 6.07) is 9.43. The lowest BCUT2D eigenvalue weighted by Gasteiger charge is -2.29. The zero-order chi connectivity index (χ0) is 20.4. The van der Waals surface area contributed by atoms with Gasteiger partial charge < -0.3 is 0 Å². The molecule has 0 saturated heterocycles. The zero-order valence-electron chi connectivity index (χ0n) is 15.6. The van der Waals surface area contributed by atoms with E-state index in [0.717, 1.165) is 11.3 Å². The minimum atomic E-state index is -3.78. The molecule has 2 N–H and O–H groups in total. The lowest BCUT2D eigenvalue weighted by molar-refractivity contribution is -0.120. The van der Waals surface area contributed by atoms with Crippen LogP contribution in [-0.2, 0) is 14.8 Å². The molecule has 3 rings (SSSR count). The van der Waals surface area contributed by atoms with Crippen molar-refractivity contribution in [2.24, 2.45) is 10.5 Å². The van der Waals surface area contributed by atoms with Crippen molar-refractivity contribution >= 4 is 44.4 Å². The van der Waals surface area contributed by atoms with E-state index in [2.05, 4.69) is 15.2 Å². The monoisotopic (exact) mass is 419 g/mol. The molecule has 0 aliphatic heterocycles. The SMILES string of the molecule is CC1(C)CC(=O)C/C(=N/NC(=O)c2ccccc2NS(=O)(=O)c2cccs2)C1. The van der Waals surface area contributed by atoms with Gasteiger partial charge in [-0.25, -0.2) is 13.8 Å². The van der Waals surface area contributed by atoms with Gasteiger partial charge in [-0.1, -0.05) is 32.0 Å². The maximum absolute atomic E-state index is 12.6. The average Bonchev–Trinajstić information content (AvgIpc) is 3.14. The summed E-state index contributed by atoms with van der Waals surface area (Å²) >= 11 is 1.09. The lowest BCUT2D eigenvalue weighted by Crippen LogP contribution is -2.31. The maximum Gasteiger partial charge on any atom is 0.273 e. The van der Waals surface area contributed by atoms with E-state index < -0.39 is 15.9 Å². The number of rotatable bonds is 5. The van der Waals surface area contributed by atoms with Crippen LogP contribution in [0.3, 0.4) is 0 Å². The van der Waals surface area contributed by atoms with Crippen LogP contribution in [0.25, 0.3) is 0 Å². The summed E-state index contributed by atoms with van der Waals surface area (Å²) in [6.07, 6.45) is 1.33. The molecule has 0 unspecified atom stereocenters. The van der Waals surface area contributed by atoms with Crippen molar-refractivity contribution in [1.29, 1.82) is 0 Å². The van der Waals surface area contributed by atoms with E-state index in [1.165, 1.54) is 18.2 Å². The second-order valence-corrected chi connectivity index (χ2v) is 10.3. The Balaban J connectivity index is 1.78. The molecule has 9 heteroatoms. The van der Waals surface area contributed by atoms with Crippen molar-refractivity contribution in [2.45, 2.75) is 37.3 Å². The number of hydrogen-bond acceptors (Lipinski definition) is 6. The van der Waals surface area contributed by atoms with E-state index in [4.69, 9.17) is 0 Å². The van der Waals surface area contributed by atoms with Crippen LogP contribution in [0.2, 0.25) is 0 Å². The molecule has 0 bridgehead atoms. The molecule has 1 heterocycles. The highest BCUT2D eigenvalue weighted by Gasteiger charge is 2.30. The Morgan fingerprint density at radius 3 is 2.57 bits per heavy atom. The number of para-hydroxylation sites is 1. The van der Waals surface area contributed by atoms with Crippen molar-refractivity contribution in [3.8, 4) is 0 Å². The predicted octanol–water partition coefficient (Wildman–Crippen LogP) is 3.41. The first kappa shape index (κ1) is 20.2. The Labute approximate surface area is 167 Å². The molecule has 28 heavy (non-hydrogen) atoms. The average molecular weight is 420 g/mol. The van der Waals surface area contributed by atoms with Crippen LogP contribution < -0.4 is 10.1 Å². The fraction of sp³-hybridized carbons (Fsp3) is 0.316. The van der Waals surface area contributed by atoms with Gasteiger partial charge in [0.25, 0.3) is 15.9 Å². The summed E-state index contributed by atoms with van der Waals surface area (Å²) in [6.45, 7) is 3.96. The quantitative estimate of drug-likeness (QED) is 0.725. The van der Waals surface area contributed by atoms with Gasteiger partial charge >= 0.3 is 0 Å². The van der Waals surface area contributed by atoms with E-state index in [1.807, 2.05) is 13.8 Å². The molecule has 7 nitrogen and oxygen atoms in total. The molecule has 0 atom stereocenters. The van der Waals surface area contributed by atoms with Gasteiger partial charge in [-0.15, -0.1) is 11.3 Å². The molecular weight excluding hydrogens is 398 g/mol. The number of ketones is 1. The summed E-state index contributed by atoms with van der Waals surface area (Å²) in [7, 11) is -3.78. The third kappa shape index (κ3) is 4.85. The zero-order valence-corrected chi connectivity index (χ0v) is 17.2. The molecular formula is C19H21N3O4S2. The fourth-order valence-electron chi connectivity index (χ4n) is 3.15. The number of nitrogens with one attached hydrogen (secondary N) is 2. The number of amides is 1. The van der Waals surface area contributed by atoms with Crippen molar-refractivity contribution in [1.82, 2.24) is 5.43 Å². The molecule has 1 amide bonds. The highest BCUT2D eigenvalue weighted by atomic mass is 32.2. The third-order valence-corrected chi connectivity index (χ3v) is 7.01. The molecule has 1 aromatic heterocycles. The number of anilines is 1. The largest absolute Gasteiger partial charge is 0.299 e. The summed E-state index contributed by atoms with van der Waals surface area (Å²) < 4.78 is 27.5. The van der Waals surface area contributed by atoms with Crippen LogP contribution in [0, 0.1) is 5.41 Å². The summed E-state index contributed by atoms with van der Waals surface area (Å²) in [5.74, 6) is -0.457.